The first-order chi connectivity index (χ1) is 28.0. The SMILES string of the molecule is C.CCN=C=O.CCNC(=O)N(C)c1cc(C)c(C(=O)O)c(C)c1.CCNC(=O)N(C)c1cc(C)c(C)c(C)c1.CNc1cc(C)c(C)c(C)c1.Cc1cc(N)cc(C)c1C. The van der Waals surface area contributed by atoms with Crippen LogP contribution in [0, 0.1) is 76.2 Å². The van der Waals surface area contributed by atoms with Crippen molar-refractivity contribution in [3.63, 3.8) is 0 Å². The number of rotatable bonds is 7. The Bertz CT molecular complexity index is 2010. The van der Waals surface area contributed by atoms with E-state index >= 15 is 0 Å². The van der Waals surface area contributed by atoms with Crippen molar-refractivity contribution in [2.75, 3.05) is 61.6 Å². The van der Waals surface area contributed by atoms with Gasteiger partial charge in [-0.05, 0) is 207 Å². The zero-order chi connectivity index (χ0) is 46.4. The second-order valence-corrected chi connectivity index (χ2v) is 14.6. The van der Waals surface area contributed by atoms with E-state index in [1.54, 1.807) is 51.9 Å². The molecule has 0 aromatic heterocycles. The fraction of sp³-hybridized carbons (Fsp3) is 0.429. The smallest absolute Gasteiger partial charge is 0.336 e. The molecule has 6 N–H and O–H groups in total. The number of aliphatic imine (C=N–C) groups is 1. The number of urea groups is 2. The van der Waals surface area contributed by atoms with Gasteiger partial charge in [-0.25, -0.2) is 24.2 Å². The highest BCUT2D eigenvalue weighted by atomic mass is 16.4. The number of amides is 4. The van der Waals surface area contributed by atoms with Crippen LogP contribution in [0.3, 0.4) is 0 Å². The van der Waals surface area contributed by atoms with Crippen LogP contribution in [-0.2, 0) is 4.79 Å². The second-order valence-electron chi connectivity index (χ2n) is 14.6. The lowest BCUT2D eigenvalue weighted by Crippen LogP contribution is -2.37. The van der Waals surface area contributed by atoms with E-state index in [1.807, 2.05) is 45.2 Å². The first-order valence-corrected chi connectivity index (χ1v) is 20.1. The summed E-state index contributed by atoms with van der Waals surface area (Å²) in [5.41, 5.74) is 22.6. The van der Waals surface area contributed by atoms with Gasteiger partial charge in [0.2, 0.25) is 6.08 Å². The normalized spacial score (nSPS) is 9.46. The molecule has 0 atom stereocenters. The molecule has 336 valence electrons. The van der Waals surface area contributed by atoms with Crippen LogP contribution >= 0.6 is 0 Å². The van der Waals surface area contributed by atoms with E-state index in [-0.39, 0.29) is 19.5 Å². The van der Waals surface area contributed by atoms with Gasteiger partial charge >= 0.3 is 18.0 Å². The summed E-state index contributed by atoms with van der Waals surface area (Å²) in [6.07, 6.45) is 1.39. The van der Waals surface area contributed by atoms with Gasteiger partial charge in [0, 0.05) is 63.5 Å². The van der Waals surface area contributed by atoms with E-state index in [1.165, 1.54) is 66.7 Å². The average molecular weight is 842 g/mol. The first kappa shape index (κ1) is 57.0. The summed E-state index contributed by atoms with van der Waals surface area (Å²) in [5, 5.41) is 17.7. The summed E-state index contributed by atoms with van der Waals surface area (Å²) < 4.78 is 0. The summed E-state index contributed by atoms with van der Waals surface area (Å²) in [6.45, 7) is 29.7. The predicted molar refractivity (Wildman–Crippen MR) is 259 cm³/mol. The standard InChI is InChI=1S/C13H18N2O3.C13H20N2O.C10H15N.C9H13N.C3H5NO.CH4/c1-5-14-13(18)15(4)10-6-8(2)11(12(16)17)9(3)7-10;1-6-14-13(16)15(5)12-7-9(2)11(4)10(3)8-12;1-7-5-10(11-4)6-8(2)9(7)3;1-6-4-9(10)5-7(2)8(6)3;1-2-4-3-5;/h6-7H,5H2,1-4H3,(H,14,18)(H,16,17);7-8H,6H2,1-5H3,(H,14,16);5-6,11H,1-4H3;4-5H,10H2,1-3H3;2H2,1H3;1H4. The van der Waals surface area contributed by atoms with Crippen molar-refractivity contribution in [1.29, 1.82) is 0 Å². The lowest BCUT2D eigenvalue weighted by Gasteiger charge is -2.19. The van der Waals surface area contributed by atoms with Gasteiger partial charge in [0.25, 0.3) is 0 Å². The molecular weight excluding hydrogens is 767 g/mol. The maximum absolute atomic E-state index is 11.7. The van der Waals surface area contributed by atoms with Crippen LogP contribution in [0.15, 0.2) is 53.5 Å². The average Bonchev–Trinajstić information content (AvgIpc) is 3.18. The van der Waals surface area contributed by atoms with E-state index in [0.29, 0.717) is 42.0 Å². The van der Waals surface area contributed by atoms with Crippen LogP contribution in [0.5, 0.6) is 0 Å². The highest BCUT2D eigenvalue weighted by Crippen LogP contribution is 2.24. The summed E-state index contributed by atoms with van der Waals surface area (Å²) >= 11 is 0. The minimum Gasteiger partial charge on any atom is -0.478 e. The number of hydrogen-bond donors (Lipinski definition) is 5. The van der Waals surface area contributed by atoms with Crippen LogP contribution < -0.4 is 31.5 Å². The molecule has 0 spiro atoms. The highest BCUT2D eigenvalue weighted by molar-refractivity contribution is 5.95. The van der Waals surface area contributed by atoms with Gasteiger partial charge in [-0.3, -0.25) is 9.80 Å². The van der Waals surface area contributed by atoms with E-state index in [4.69, 9.17) is 15.6 Å². The van der Waals surface area contributed by atoms with Gasteiger partial charge in [-0.15, -0.1) is 0 Å². The van der Waals surface area contributed by atoms with Crippen molar-refractivity contribution >= 4 is 46.9 Å². The molecule has 4 aromatic rings. The van der Waals surface area contributed by atoms with Crippen LogP contribution in [0.25, 0.3) is 0 Å². The van der Waals surface area contributed by atoms with Gasteiger partial charge in [-0.2, -0.15) is 0 Å². The molecule has 0 saturated carbocycles. The molecule has 4 aromatic carbocycles. The number of carbonyl (C=O) groups is 3. The third-order valence-corrected chi connectivity index (χ3v) is 10.1. The number of nitrogen functional groups attached to an aromatic ring is 1. The Morgan fingerprint density at radius 3 is 1.18 bits per heavy atom. The van der Waals surface area contributed by atoms with Crippen LogP contribution in [-0.4, -0.2) is 70.0 Å². The van der Waals surface area contributed by atoms with Gasteiger partial charge in [0.1, 0.15) is 0 Å². The first-order valence-electron chi connectivity index (χ1n) is 20.1. The van der Waals surface area contributed by atoms with Crippen molar-refractivity contribution in [2.45, 2.75) is 104 Å². The van der Waals surface area contributed by atoms with Gasteiger partial charge in [0.15, 0.2) is 0 Å². The van der Waals surface area contributed by atoms with E-state index in [2.05, 4.69) is 95.4 Å². The molecular formula is C49H75N7O5. The molecule has 0 bridgehead atoms. The van der Waals surface area contributed by atoms with Gasteiger partial charge < -0.3 is 26.8 Å². The van der Waals surface area contributed by atoms with Gasteiger partial charge in [0.05, 0.1) is 5.56 Å². The monoisotopic (exact) mass is 842 g/mol. The summed E-state index contributed by atoms with van der Waals surface area (Å²) in [7, 11) is 5.39. The number of aryl methyl sites for hydroxylation is 8. The second kappa shape index (κ2) is 28.4. The topological polar surface area (TPSA) is 169 Å². The molecule has 0 heterocycles. The molecule has 61 heavy (non-hydrogen) atoms. The molecule has 0 aliphatic heterocycles. The lowest BCUT2D eigenvalue weighted by molar-refractivity contribution is 0.0695. The number of benzene rings is 4. The predicted octanol–water partition coefficient (Wildman–Crippen LogP) is 10.8. The molecule has 12 heteroatoms. The largest absolute Gasteiger partial charge is 0.478 e. The Morgan fingerprint density at radius 2 is 0.918 bits per heavy atom. The summed E-state index contributed by atoms with van der Waals surface area (Å²) in [5.74, 6) is -0.947. The Kier molecular flexibility index (Phi) is 26.5. The van der Waals surface area contributed by atoms with Crippen molar-refractivity contribution in [1.82, 2.24) is 10.6 Å². The summed E-state index contributed by atoms with van der Waals surface area (Å²) in [6, 6.07) is 15.5. The number of carbonyl (C=O) groups excluding carboxylic acids is 3. The number of nitrogens with zero attached hydrogens (tertiary/aromatic N) is 3. The third kappa shape index (κ3) is 18.8. The minimum atomic E-state index is -0.947. The van der Waals surface area contributed by atoms with Crippen molar-refractivity contribution < 1.29 is 24.3 Å². The zero-order valence-corrected chi connectivity index (χ0v) is 39.2. The van der Waals surface area contributed by atoms with Crippen molar-refractivity contribution in [2.24, 2.45) is 4.99 Å². The third-order valence-electron chi connectivity index (χ3n) is 10.1. The molecule has 0 saturated heterocycles. The Labute approximate surface area is 367 Å². The fourth-order valence-electron chi connectivity index (χ4n) is 5.77. The number of aromatic carboxylic acids is 1. The van der Waals surface area contributed by atoms with E-state index < -0.39 is 5.97 Å². The Balaban J connectivity index is 0. The van der Waals surface area contributed by atoms with Crippen molar-refractivity contribution in [3.8, 4) is 0 Å². The number of nitrogens with one attached hydrogen (secondary N) is 3. The van der Waals surface area contributed by atoms with Crippen LogP contribution in [0.2, 0.25) is 0 Å². The highest BCUT2D eigenvalue weighted by Gasteiger charge is 2.16. The van der Waals surface area contributed by atoms with Crippen molar-refractivity contribution in [3.05, 3.63) is 115 Å². The van der Waals surface area contributed by atoms with Crippen LogP contribution in [0.1, 0.15) is 99.8 Å². The number of carboxylic acid groups (broad SMARTS) is 1. The maximum atomic E-state index is 11.7. The quantitative estimate of drug-likeness (QED) is 0.0700. The van der Waals surface area contributed by atoms with Crippen LogP contribution in [0.4, 0.5) is 32.3 Å². The lowest BCUT2D eigenvalue weighted by atomic mass is 10.0. The van der Waals surface area contributed by atoms with E-state index in [9.17, 15) is 14.4 Å². The number of anilines is 4. The number of isocyanates is 1. The zero-order valence-electron chi connectivity index (χ0n) is 39.2. The molecule has 0 aliphatic rings. The maximum Gasteiger partial charge on any atom is 0.336 e. The number of nitrogens with two attached hydrogens (primary N) is 1. The minimum absolute atomic E-state index is 0. The Hall–Kier alpha value is -6.13. The molecule has 4 rings (SSSR count). The molecule has 0 unspecified atom stereocenters. The molecule has 0 radical (unpaired) electrons. The molecule has 4 amide bonds. The molecule has 0 fully saturated rings. The molecule has 0 aliphatic carbocycles. The molecule has 12 nitrogen and oxygen atoms in total. The fourth-order valence-corrected chi connectivity index (χ4v) is 5.77. The number of hydrogen-bond acceptors (Lipinski definition) is 7. The Morgan fingerprint density at radius 1 is 0.607 bits per heavy atom. The van der Waals surface area contributed by atoms with E-state index in [0.717, 1.165) is 11.4 Å². The van der Waals surface area contributed by atoms with Gasteiger partial charge in [-0.1, -0.05) is 7.43 Å². The number of carboxylic acids is 1. The summed E-state index contributed by atoms with van der Waals surface area (Å²) in [4.78, 5) is 49.8.